The summed E-state index contributed by atoms with van der Waals surface area (Å²) in [6.07, 6.45) is 3.63. The molecule has 4 rings (SSSR count). The molecule has 212 valence electrons. The molecule has 0 aromatic heterocycles. The maximum atomic E-state index is 12.1. The second kappa shape index (κ2) is 10.4. The second-order valence-corrected chi connectivity index (χ2v) is 13.8. The Balaban J connectivity index is 1.58. The average molecular weight is 546 g/mol. The lowest BCUT2D eigenvalue weighted by Gasteiger charge is -2.63. The summed E-state index contributed by atoms with van der Waals surface area (Å²) in [6, 6.07) is 0. The number of amides is 1. The van der Waals surface area contributed by atoms with Crippen LogP contribution in [0.15, 0.2) is 0 Å². The number of carboxylic acids is 1. The quantitative estimate of drug-likeness (QED) is 0.287. The van der Waals surface area contributed by atoms with E-state index in [-0.39, 0.29) is 53.3 Å². The van der Waals surface area contributed by atoms with Gasteiger partial charge in [0.1, 0.15) is 6.54 Å². The van der Waals surface area contributed by atoms with Crippen LogP contribution in [-0.2, 0) is 24.2 Å². The van der Waals surface area contributed by atoms with Crippen LogP contribution in [0.2, 0.25) is 0 Å². The lowest BCUT2D eigenvalue weighted by atomic mass is 9.43. The predicted molar refractivity (Wildman–Crippen MR) is 133 cm³/mol. The lowest BCUT2D eigenvalue weighted by Crippen LogP contribution is -2.63. The van der Waals surface area contributed by atoms with Gasteiger partial charge in [0.25, 0.3) is 0 Å². The first-order valence-electron chi connectivity index (χ1n) is 13.7. The van der Waals surface area contributed by atoms with E-state index in [9.17, 15) is 32.8 Å². The molecule has 0 bridgehead atoms. The summed E-state index contributed by atoms with van der Waals surface area (Å²) >= 11 is 0. The van der Waals surface area contributed by atoms with E-state index in [1.807, 2.05) is 0 Å². The highest BCUT2D eigenvalue weighted by Gasteiger charge is 2.66. The van der Waals surface area contributed by atoms with Crippen molar-refractivity contribution in [3.05, 3.63) is 0 Å². The Morgan fingerprint density at radius 2 is 1.78 bits per heavy atom. The van der Waals surface area contributed by atoms with Crippen LogP contribution in [-0.4, -0.2) is 65.0 Å². The van der Waals surface area contributed by atoms with Crippen LogP contribution in [0.4, 0.5) is 0 Å². The molecule has 4 saturated carbocycles. The molecule has 5 N–H and O–H groups in total. The highest BCUT2D eigenvalue weighted by molar-refractivity contribution is 7.80. The molecule has 0 heterocycles. The van der Waals surface area contributed by atoms with Gasteiger partial charge in [0, 0.05) is 6.42 Å². The van der Waals surface area contributed by atoms with Crippen molar-refractivity contribution >= 4 is 22.3 Å². The third-order valence-electron chi connectivity index (χ3n) is 11.0. The summed E-state index contributed by atoms with van der Waals surface area (Å²) in [5.41, 5.74) is -0.659. The Morgan fingerprint density at radius 3 is 2.43 bits per heavy atom. The number of rotatable bonds is 8. The molecule has 1 amide bonds. The Morgan fingerprint density at radius 1 is 1.08 bits per heavy atom. The van der Waals surface area contributed by atoms with E-state index in [2.05, 4.69) is 26.1 Å². The number of carbonyl (C=O) groups excluding carboxylic acids is 1. The maximum Gasteiger partial charge on any atom is 0.397 e. The number of nitrogens with one attached hydrogen (secondary N) is 1. The Hall–Kier alpha value is -1.27. The molecule has 4 fully saturated rings. The van der Waals surface area contributed by atoms with Crippen LogP contribution in [0.5, 0.6) is 0 Å². The number of carboxylic acid groups (broad SMARTS) is 1. The van der Waals surface area contributed by atoms with Gasteiger partial charge in [-0.1, -0.05) is 20.8 Å². The van der Waals surface area contributed by atoms with Crippen LogP contribution < -0.4 is 5.32 Å². The number of hydrogen-bond donors (Lipinski definition) is 5. The molecule has 4 aliphatic rings. The van der Waals surface area contributed by atoms with Gasteiger partial charge in [-0.15, -0.1) is 0 Å². The molecule has 0 aromatic carbocycles. The number of aliphatic hydroxyl groups excluding tert-OH is 2. The predicted octanol–water partition coefficient (Wildman–Crippen LogP) is 2.39. The molecule has 11 atom stereocenters. The third kappa shape index (κ3) is 5.44. The van der Waals surface area contributed by atoms with E-state index in [0.29, 0.717) is 32.1 Å². The van der Waals surface area contributed by atoms with E-state index in [1.54, 1.807) is 0 Å². The minimum Gasteiger partial charge on any atom is -0.480 e. The third-order valence-corrected chi connectivity index (χ3v) is 11.5. The zero-order valence-electron chi connectivity index (χ0n) is 22.0. The summed E-state index contributed by atoms with van der Waals surface area (Å²) in [6.45, 7) is 5.95. The van der Waals surface area contributed by atoms with Gasteiger partial charge in [-0.2, -0.15) is 8.42 Å². The highest BCUT2D eigenvalue weighted by atomic mass is 32.3. The molecule has 4 unspecified atom stereocenters. The fraction of sp³-hybridized carbons (Fsp3) is 0.923. The van der Waals surface area contributed by atoms with Gasteiger partial charge in [0.2, 0.25) is 5.91 Å². The van der Waals surface area contributed by atoms with Crippen LogP contribution >= 0.6 is 0 Å². The van der Waals surface area contributed by atoms with E-state index in [1.165, 1.54) is 0 Å². The minimum atomic E-state index is -4.68. The van der Waals surface area contributed by atoms with Crippen molar-refractivity contribution in [3.63, 3.8) is 0 Å². The average Bonchev–Trinajstić information content (AvgIpc) is 3.15. The van der Waals surface area contributed by atoms with E-state index in [4.69, 9.17) is 9.29 Å². The Bertz CT molecular complexity index is 989. The number of aliphatic carboxylic acids is 1. The van der Waals surface area contributed by atoms with Crippen LogP contribution in [0.25, 0.3) is 0 Å². The summed E-state index contributed by atoms with van der Waals surface area (Å²) in [5.74, 6) is -1.32. The first kappa shape index (κ1) is 28.7. The molecule has 0 aliphatic heterocycles. The first-order valence-corrected chi connectivity index (χ1v) is 15.0. The largest absolute Gasteiger partial charge is 0.480 e. The zero-order valence-corrected chi connectivity index (χ0v) is 22.8. The molecular weight excluding hydrogens is 502 g/mol. The molecule has 11 heteroatoms. The number of fused-ring (bicyclic) bond motifs is 5. The summed E-state index contributed by atoms with van der Waals surface area (Å²) in [7, 11) is -4.68. The zero-order chi connectivity index (χ0) is 27.3. The van der Waals surface area contributed by atoms with E-state index < -0.39 is 46.6 Å². The van der Waals surface area contributed by atoms with Crippen molar-refractivity contribution in [2.75, 3.05) is 6.54 Å². The summed E-state index contributed by atoms with van der Waals surface area (Å²) in [5, 5.41) is 33.2. The van der Waals surface area contributed by atoms with Gasteiger partial charge in [0.05, 0.1) is 18.3 Å². The summed E-state index contributed by atoms with van der Waals surface area (Å²) in [4.78, 5) is 22.8. The normalized spacial score (nSPS) is 44.3. The van der Waals surface area contributed by atoms with Crippen molar-refractivity contribution in [2.45, 2.75) is 96.9 Å². The van der Waals surface area contributed by atoms with Gasteiger partial charge in [-0.3, -0.25) is 14.1 Å². The molecule has 0 spiro atoms. The van der Waals surface area contributed by atoms with Gasteiger partial charge in [-0.25, -0.2) is 4.18 Å². The second-order valence-electron chi connectivity index (χ2n) is 12.7. The molecule has 0 saturated heterocycles. The first-order chi connectivity index (χ1) is 17.2. The van der Waals surface area contributed by atoms with Crippen molar-refractivity contribution in [1.29, 1.82) is 0 Å². The summed E-state index contributed by atoms with van der Waals surface area (Å²) < 4.78 is 38.8. The molecule has 0 radical (unpaired) electrons. The van der Waals surface area contributed by atoms with Crippen molar-refractivity contribution < 1.29 is 42.1 Å². The lowest BCUT2D eigenvalue weighted by molar-refractivity contribution is -0.202. The van der Waals surface area contributed by atoms with Crippen molar-refractivity contribution in [1.82, 2.24) is 5.32 Å². The Kier molecular flexibility index (Phi) is 8.05. The van der Waals surface area contributed by atoms with E-state index in [0.717, 1.165) is 19.3 Å². The van der Waals surface area contributed by atoms with Gasteiger partial charge in [-0.05, 0) is 97.7 Å². The van der Waals surface area contributed by atoms with Gasteiger partial charge in [0.15, 0.2) is 0 Å². The smallest absolute Gasteiger partial charge is 0.397 e. The highest BCUT2D eigenvalue weighted by Crippen LogP contribution is 2.68. The standard InChI is InChI=1S/C26H43NO9S/c1-14(4-7-22(30)27-13-23(31)32)17-5-6-18-24-19(12-21(29)26(17,18)3)25(2)9-8-16(28)10-15(25)11-20(24)36-37(33,34)35/h14-21,24,28-29H,4-13H2,1-3H3,(H,27,30)(H,31,32)(H,33,34,35)/t14-,15+,16-,17-,18?,19?,20?,21+,24?,25+,26-/m1/s1. The topological polar surface area (TPSA) is 170 Å². The number of carbonyl (C=O) groups is 2. The molecule has 10 nitrogen and oxygen atoms in total. The van der Waals surface area contributed by atoms with Crippen LogP contribution in [0.1, 0.15) is 78.6 Å². The van der Waals surface area contributed by atoms with Gasteiger partial charge < -0.3 is 20.6 Å². The van der Waals surface area contributed by atoms with Crippen LogP contribution in [0.3, 0.4) is 0 Å². The monoisotopic (exact) mass is 545 g/mol. The molecular formula is C26H43NO9S. The molecule has 0 aromatic rings. The van der Waals surface area contributed by atoms with E-state index >= 15 is 0 Å². The minimum absolute atomic E-state index is 0.00841. The number of hydrogen-bond acceptors (Lipinski definition) is 7. The molecule has 37 heavy (non-hydrogen) atoms. The van der Waals surface area contributed by atoms with Gasteiger partial charge >= 0.3 is 16.4 Å². The SMILES string of the molecule is C[C@H](CCC(=O)NCC(=O)O)[C@H]1CCC2C3C(OS(=O)(=O)O)C[C@@H]4C[C@H](O)CC[C@]4(C)C3C[C@H](O)[C@@]21C. The molecule has 4 aliphatic carbocycles. The Labute approximate surface area is 219 Å². The van der Waals surface area contributed by atoms with Crippen LogP contribution in [0, 0.1) is 46.3 Å². The fourth-order valence-electron chi connectivity index (χ4n) is 9.18. The maximum absolute atomic E-state index is 12.1. The van der Waals surface area contributed by atoms with Crippen molar-refractivity contribution in [2.24, 2.45) is 46.3 Å². The number of aliphatic hydroxyl groups is 2. The fourth-order valence-corrected chi connectivity index (χ4v) is 9.70. The van der Waals surface area contributed by atoms with Crippen molar-refractivity contribution in [3.8, 4) is 0 Å².